The second kappa shape index (κ2) is 8.43. The van der Waals surface area contributed by atoms with Crippen LogP contribution >= 0.6 is 11.6 Å². The Morgan fingerprint density at radius 1 is 1.26 bits per heavy atom. The number of hydrogen-bond acceptors (Lipinski definition) is 5. The number of benzene rings is 1. The molecule has 0 atom stereocenters. The zero-order valence-electron chi connectivity index (χ0n) is 14.0. The van der Waals surface area contributed by atoms with Gasteiger partial charge in [-0.3, -0.25) is 9.69 Å². The van der Waals surface area contributed by atoms with Crippen molar-refractivity contribution in [2.24, 2.45) is 0 Å². The van der Waals surface area contributed by atoms with E-state index in [-0.39, 0.29) is 50.2 Å². The number of sulfonamides is 1. The molecule has 2 rings (SSSR count). The summed E-state index contributed by atoms with van der Waals surface area (Å²) in [5, 5.41) is 10.5. The van der Waals surface area contributed by atoms with E-state index in [1.165, 1.54) is 0 Å². The molecule has 0 unspecified atom stereocenters. The van der Waals surface area contributed by atoms with Crippen LogP contribution in [0.1, 0.15) is 5.56 Å². The highest BCUT2D eigenvalue weighted by Gasteiger charge is 2.35. The molecule has 1 aliphatic rings. The van der Waals surface area contributed by atoms with E-state index in [1.54, 1.807) is 11.0 Å². The topological polar surface area (TPSA) is 93.5 Å². The lowest BCUT2D eigenvalue weighted by Crippen LogP contribution is -2.51. The van der Waals surface area contributed by atoms with Crippen molar-refractivity contribution >= 4 is 27.5 Å². The van der Waals surface area contributed by atoms with Crippen LogP contribution in [0.5, 0.6) is 0 Å². The van der Waals surface area contributed by atoms with Crippen molar-refractivity contribution in [3.8, 4) is 6.07 Å². The number of carbonyl (C=O) groups excluding carboxylic acids is 1. The molecule has 1 N–H and O–H groups in total. The van der Waals surface area contributed by atoms with E-state index in [9.17, 15) is 26.4 Å². The predicted octanol–water partition coefficient (Wildman–Crippen LogP) is 1.30. The Hall–Kier alpha value is -1.87. The van der Waals surface area contributed by atoms with Crippen molar-refractivity contribution in [1.82, 2.24) is 14.5 Å². The second-order valence-corrected chi connectivity index (χ2v) is 8.07. The summed E-state index contributed by atoms with van der Waals surface area (Å²) >= 11 is 5.83. The summed E-state index contributed by atoms with van der Waals surface area (Å²) in [6.45, 7) is 0.313. The summed E-state index contributed by atoms with van der Waals surface area (Å²) in [5.41, 5.74) is -1.10. The second-order valence-electron chi connectivity index (χ2n) is 5.76. The van der Waals surface area contributed by atoms with Crippen LogP contribution < -0.4 is 5.32 Å². The van der Waals surface area contributed by atoms with Crippen LogP contribution in [0, 0.1) is 11.3 Å². The van der Waals surface area contributed by atoms with Gasteiger partial charge in [-0.15, -0.1) is 0 Å². The van der Waals surface area contributed by atoms with Gasteiger partial charge in [0.05, 0.1) is 23.2 Å². The summed E-state index contributed by atoms with van der Waals surface area (Å²) in [4.78, 5) is 12.7. The summed E-state index contributed by atoms with van der Waals surface area (Å²) < 4.78 is 65.1. The van der Waals surface area contributed by atoms with Crippen molar-refractivity contribution in [2.75, 3.05) is 39.3 Å². The SMILES string of the molecule is N#CCNC(=O)CN1CCN(S(=O)(=O)c2cc(C(F)(F)F)ccc2Cl)CC1. The average Bonchev–Trinajstić information content (AvgIpc) is 2.59. The van der Waals surface area contributed by atoms with Gasteiger partial charge in [0.1, 0.15) is 11.4 Å². The van der Waals surface area contributed by atoms with Crippen LogP contribution in [0.25, 0.3) is 0 Å². The van der Waals surface area contributed by atoms with Crippen molar-refractivity contribution in [3.05, 3.63) is 28.8 Å². The minimum absolute atomic E-state index is 0.000116. The molecule has 1 aromatic carbocycles. The van der Waals surface area contributed by atoms with Gasteiger partial charge in [-0.2, -0.15) is 22.7 Å². The molecule has 1 saturated heterocycles. The van der Waals surface area contributed by atoms with Gasteiger partial charge in [-0.1, -0.05) is 11.6 Å². The highest BCUT2D eigenvalue weighted by atomic mass is 35.5. The van der Waals surface area contributed by atoms with Crippen LogP contribution in [-0.4, -0.2) is 62.8 Å². The molecule has 0 aliphatic carbocycles. The van der Waals surface area contributed by atoms with Gasteiger partial charge >= 0.3 is 6.18 Å². The first-order valence-electron chi connectivity index (χ1n) is 7.78. The van der Waals surface area contributed by atoms with E-state index in [4.69, 9.17) is 16.9 Å². The zero-order chi connectivity index (χ0) is 20.2. The summed E-state index contributed by atoms with van der Waals surface area (Å²) in [5.74, 6) is -0.367. The fraction of sp³-hybridized carbons (Fsp3) is 0.467. The Labute approximate surface area is 159 Å². The first-order chi connectivity index (χ1) is 12.6. The standard InChI is InChI=1S/C15H16ClF3N4O3S/c16-12-2-1-11(15(17,18)19)9-13(12)27(25,26)23-7-5-22(6-8-23)10-14(24)21-4-3-20/h1-2,9H,4-8,10H2,(H,21,24). The monoisotopic (exact) mass is 424 g/mol. The van der Waals surface area contributed by atoms with E-state index in [1.807, 2.05) is 0 Å². The molecule has 7 nitrogen and oxygen atoms in total. The number of rotatable bonds is 5. The Bertz CT molecular complexity index is 847. The number of nitriles is 1. The molecule has 0 radical (unpaired) electrons. The molecule has 1 heterocycles. The van der Waals surface area contributed by atoms with Crippen LogP contribution in [-0.2, 0) is 21.0 Å². The number of carbonyl (C=O) groups is 1. The number of piperazine rings is 1. The molecular weight excluding hydrogens is 409 g/mol. The van der Waals surface area contributed by atoms with Gasteiger partial charge in [0, 0.05) is 26.2 Å². The lowest BCUT2D eigenvalue weighted by molar-refractivity contribution is -0.137. The fourth-order valence-electron chi connectivity index (χ4n) is 2.54. The molecule has 27 heavy (non-hydrogen) atoms. The number of amides is 1. The molecule has 0 bridgehead atoms. The van der Waals surface area contributed by atoms with Crippen LogP contribution in [0.4, 0.5) is 13.2 Å². The number of nitrogens with zero attached hydrogens (tertiary/aromatic N) is 3. The predicted molar refractivity (Wildman–Crippen MR) is 90.3 cm³/mol. The van der Waals surface area contributed by atoms with Crippen LogP contribution in [0.15, 0.2) is 23.1 Å². The highest BCUT2D eigenvalue weighted by Crippen LogP contribution is 2.34. The first-order valence-corrected chi connectivity index (χ1v) is 9.60. The molecule has 148 valence electrons. The van der Waals surface area contributed by atoms with Crippen molar-refractivity contribution in [2.45, 2.75) is 11.1 Å². The Morgan fingerprint density at radius 3 is 2.44 bits per heavy atom. The third kappa shape index (κ3) is 5.32. The van der Waals surface area contributed by atoms with Crippen molar-refractivity contribution < 1.29 is 26.4 Å². The lowest BCUT2D eigenvalue weighted by atomic mass is 10.2. The van der Waals surface area contributed by atoms with Gasteiger partial charge < -0.3 is 5.32 Å². The van der Waals surface area contributed by atoms with Crippen molar-refractivity contribution in [1.29, 1.82) is 5.26 Å². The Morgan fingerprint density at radius 2 is 1.89 bits per heavy atom. The number of halogens is 4. The van der Waals surface area contributed by atoms with E-state index in [0.717, 1.165) is 16.4 Å². The average molecular weight is 425 g/mol. The van der Waals surface area contributed by atoms with Gasteiger partial charge in [0.15, 0.2) is 0 Å². The van der Waals surface area contributed by atoms with Gasteiger partial charge in [0.2, 0.25) is 15.9 Å². The van der Waals surface area contributed by atoms with Crippen molar-refractivity contribution in [3.63, 3.8) is 0 Å². The van der Waals surface area contributed by atoms with Gasteiger partial charge in [0.25, 0.3) is 0 Å². The molecule has 0 aromatic heterocycles. The van der Waals surface area contributed by atoms with E-state index in [0.29, 0.717) is 6.07 Å². The number of hydrogen-bond donors (Lipinski definition) is 1. The summed E-state index contributed by atoms with van der Waals surface area (Å²) in [6, 6.07) is 3.93. The number of nitrogens with one attached hydrogen (secondary N) is 1. The first kappa shape index (κ1) is 21.4. The third-order valence-corrected chi connectivity index (χ3v) is 6.32. The largest absolute Gasteiger partial charge is 0.416 e. The minimum Gasteiger partial charge on any atom is -0.342 e. The molecule has 1 aromatic rings. The molecule has 1 aliphatic heterocycles. The quantitative estimate of drug-likeness (QED) is 0.719. The summed E-state index contributed by atoms with van der Waals surface area (Å²) in [6.07, 6.45) is -4.69. The Kier molecular flexibility index (Phi) is 6.69. The molecule has 12 heteroatoms. The highest BCUT2D eigenvalue weighted by molar-refractivity contribution is 7.89. The van der Waals surface area contributed by atoms with Crippen LogP contribution in [0.3, 0.4) is 0 Å². The smallest absolute Gasteiger partial charge is 0.342 e. The normalized spacial score (nSPS) is 16.7. The van der Waals surface area contributed by atoms with E-state index in [2.05, 4.69) is 5.32 Å². The zero-order valence-corrected chi connectivity index (χ0v) is 15.5. The molecule has 0 spiro atoms. The number of alkyl halides is 3. The van der Waals surface area contributed by atoms with E-state index < -0.39 is 26.7 Å². The maximum atomic E-state index is 12.9. The lowest BCUT2D eigenvalue weighted by Gasteiger charge is -2.33. The molecular formula is C15H16ClF3N4O3S. The molecule has 0 saturated carbocycles. The molecule has 1 amide bonds. The minimum atomic E-state index is -4.69. The fourth-order valence-corrected chi connectivity index (χ4v) is 4.46. The molecule has 1 fully saturated rings. The maximum absolute atomic E-state index is 12.9. The third-order valence-electron chi connectivity index (χ3n) is 3.94. The van der Waals surface area contributed by atoms with Crippen LogP contribution in [0.2, 0.25) is 5.02 Å². The maximum Gasteiger partial charge on any atom is 0.416 e. The van der Waals surface area contributed by atoms with Gasteiger partial charge in [-0.25, -0.2) is 8.42 Å². The van der Waals surface area contributed by atoms with E-state index >= 15 is 0 Å². The van der Waals surface area contributed by atoms with Gasteiger partial charge in [-0.05, 0) is 18.2 Å². The Balaban J connectivity index is 2.09. The summed E-state index contributed by atoms with van der Waals surface area (Å²) in [7, 11) is -4.21.